The van der Waals surface area contributed by atoms with Gasteiger partial charge in [0.05, 0.1) is 12.0 Å². The van der Waals surface area contributed by atoms with Crippen LogP contribution in [0.5, 0.6) is 0 Å². The van der Waals surface area contributed by atoms with E-state index in [0.29, 0.717) is 19.5 Å². The predicted octanol–water partition coefficient (Wildman–Crippen LogP) is 1.62. The second-order valence-electron chi connectivity index (χ2n) is 5.98. The summed E-state index contributed by atoms with van der Waals surface area (Å²) in [5.41, 5.74) is -0.615. The first kappa shape index (κ1) is 15.0. The Balaban J connectivity index is 2.06. The highest BCUT2D eigenvalue weighted by Crippen LogP contribution is 2.38. The molecule has 1 aromatic rings. The highest BCUT2D eigenvalue weighted by Gasteiger charge is 2.47. The summed E-state index contributed by atoms with van der Waals surface area (Å²) in [4.78, 5) is 18.1. The Morgan fingerprint density at radius 1 is 1.55 bits per heavy atom. The first-order chi connectivity index (χ1) is 9.49. The van der Waals surface area contributed by atoms with Crippen molar-refractivity contribution >= 4 is 5.97 Å². The van der Waals surface area contributed by atoms with E-state index in [9.17, 15) is 9.90 Å². The second-order valence-corrected chi connectivity index (χ2v) is 5.98. The van der Waals surface area contributed by atoms with Crippen LogP contribution in [-0.4, -0.2) is 43.8 Å². The molecule has 1 saturated heterocycles. The summed E-state index contributed by atoms with van der Waals surface area (Å²) >= 11 is 0. The summed E-state index contributed by atoms with van der Waals surface area (Å²) in [5, 5.41) is 13.8. The highest BCUT2D eigenvalue weighted by molar-refractivity contribution is 5.75. The van der Waals surface area contributed by atoms with Gasteiger partial charge in [0.1, 0.15) is 12.2 Å². The lowest BCUT2D eigenvalue weighted by atomic mass is 9.76. The van der Waals surface area contributed by atoms with Crippen LogP contribution in [0.15, 0.2) is 6.33 Å². The Morgan fingerprint density at radius 3 is 2.85 bits per heavy atom. The molecule has 6 nitrogen and oxygen atoms in total. The van der Waals surface area contributed by atoms with Crippen LogP contribution in [0.2, 0.25) is 0 Å². The maximum absolute atomic E-state index is 11.6. The molecule has 0 amide bonds. The number of rotatable bonds is 6. The number of carboxylic acid groups (broad SMARTS) is 1. The van der Waals surface area contributed by atoms with Gasteiger partial charge in [-0.15, -0.1) is 0 Å². The first-order valence-corrected chi connectivity index (χ1v) is 7.32. The van der Waals surface area contributed by atoms with E-state index in [-0.39, 0.29) is 5.92 Å². The van der Waals surface area contributed by atoms with Gasteiger partial charge in [0.2, 0.25) is 0 Å². The van der Waals surface area contributed by atoms with Gasteiger partial charge in [-0.3, -0.25) is 9.69 Å². The van der Waals surface area contributed by atoms with Gasteiger partial charge in [0.15, 0.2) is 0 Å². The van der Waals surface area contributed by atoms with E-state index in [1.165, 1.54) is 0 Å². The van der Waals surface area contributed by atoms with E-state index in [4.69, 9.17) is 0 Å². The van der Waals surface area contributed by atoms with Crippen molar-refractivity contribution in [3.63, 3.8) is 0 Å². The summed E-state index contributed by atoms with van der Waals surface area (Å²) in [6.45, 7) is 9.05. The first-order valence-electron chi connectivity index (χ1n) is 7.32. The topological polar surface area (TPSA) is 71.2 Å². The third kappa shape index (κ3) is 2.70. The lowest BCUT2D eigenvalue weighted by Gasteiger charge is -2.28. The van der Waals surface area contributed by atoms with Crippen molar-refractivity contribution in [3.8, 4) is 0 Å². The van der Waals surface area contributed by atoms with E-state index in [0.717, 1.165) is 25.3 Å². The van der Waals surface area contributed by atoms with Gasteiger partial charge in [-0.1, -0.05) is 20.8 Å². The Bertz CT molecular complexity index is 471. The summed E-state index contributed by atoms with van der Waals surface area (Å²) in [5.74, 6) is 0.389. The van der Waals surface area contributed by atoms with Crippen LogP contribution >= 0.6 is 0 Å². The smallest absolute Gasteiger partial charge is 0.311 e. The molecule has 20 heavy (non-hydrogen) atoms. The maximum atomic E-state index is 11.6. The van der Waals surface area contributed by atoms with Crippen LogP contribution in [0.4, 0.5) is 0 Å². The summed E-state index contributed by atoms with van der Waals surface area (Å²) in [6.07, 6.45) is 3.30. The number of aliphatic carboxylic acids is 1. The quantitative estimate of drug-likeness (QED) is 0.857. The molecule has 0 radical (unpaired) electrons. The number of carboxylic acids is 1. The molecule has 1 aliphatic heterocycles. The lowest BCUT2D eigenvalue weighted by Crippen LogP contribution is -2.39. The van der Waals surface area contributed by atoms with E-state index < -0.39 is 11.4 Å². The van der Waals surface area contributed by atoms with Crippen molar-refractivity contribution in [1.29, 1.82) is 0 Å². The molecule has 1 atom stereocenters. The van der Waals surface area contributed by atoms with Crippen molar-refractivity contribution in [3.05, 3.63) is 12.2 Å². The molecule has 1 fully saturated rings. The van der Waals surface area contributed by atoms with Gasteiger partial charge in [-0.25, -0.2) is 9.67 Å². The zero-order valence-electron chi connectivity index (χ0n) is 12.5. The Labute approximate surface area is 119 Å². The lowest BCUT2D eigenvalue weighted by molar-refractivity contribution is -0.151. The standard InChI is InChI=1S/C14H24N4O2/c1-4-6-18-12(15-10-16-18)8-17-7-5-14(9-17,11(2)3)13(19)20/h10-11H,4-9H2,1-3H3,(H,19,20). The SMILES string of the molecule is CCCn1ncnc1CN1CCC(C(=O)O)(C(C)C)C1. The highest BCUT2D eigenvalue weighted by atomic mass is 16.4. The third-order valence-corrected chi connectivity index (χ3v) is 4.41. The maximum Gasteiger partial charge on any atom is 0.311 e. The van der Waals surface area contributed by atoms with Crippen molar-refractivity contribution in [2.75, 3.05) is 13.1 Å². The molecule has 2 heterocycles. The van der Waals surface area contributed by atoms with Crippen LogP contribution in [0.25, 0.3) is 0 Å². The molecule has 2 rings (SSSR count). The van der Waals surface area contributed by atoms with Crippen LogP contribution < -0.4 is 0 Å². The van der Waals surface area contributed by atoms with E-state index in [1.54, 1.807) is 6.33 Å². The van der Waals surface area contributed by atoms with E-state index in [1.807, 2.05) is 18.5 Å². The van der Waals surface area contributed by atoms with Gasteiger partial charge >= 0.3 is 5.97 Å². The zero-order chi connectivity index (χ0) is 14.8. The van der Waals surface area contributed by atoms with Crippen LogP contribution in [0.3, 0.4) is 0 Å². The van der Waals surface area contributed by atoms with Gasteiger partial charge in [0.25, 0.3) is 0 Å². The van der Waals surface area contributed by atoms with E-state index >= 15 is 0 Å². The summed E-state index contributed by atoms with van der Waals surface area (Å²) in [6, 6.07) is 0. The fraction of sp³-hybridized carbons (Fsp3) is 0.786. The summed E-state index contributed by atoms with van der Waals surface area (Å²) < 4.78 is 1.91. The predicted molar refractivity (Wildman–Crippen MR) is 75.1 cm³/mol. The number of nitrogens with zero attached hydrogens (tertiary/aromatic N) is 4. The molecule has 0 aromatic carbocycles. The fourth-order valence-electron chi connectivity index (χ4n) is 2.95. The number of hydrogen-bond donors (Lipinski definition) is 1. The second kappa shape index (κ2) is 5.91. The molecule has 1 N–H and O–H groups in total. The van der Waals surface area contributed by atoms with Gasteiger partial charge in [0, 0.05) is 13.1 Å². The number of hydrogen-bond acceptors (Lipinski definition) is 4. The Morgan fingerprint density at radius 2 is 2.30 bits per heavy atom. The monoisotopic (exact) mass is 280 g/mol. The van der Waals surface area contributed by atoms with Gasteiger partial charge < -0.3 is 5.11 Å². The molecule has 0 bridgehead atoms. The Hall–Kier alpha value is -1.43. The molecular formula is C14H24N4O2. The van der Waals surface area contributed by atoms with Crippen LogP contribution in [-0.2, 0) is 17.9 Å². The largest absolute Gasteiger partial charge is 0.481 e. The molecule has 0 spiro atoms. The van der Waals surface area contributed by atoms with Crippen molar-refractivity contribution < 1.29 is 9.90 Å². The van der Waals surface area contributed by atoms with E-state index in [2.05, 4.69) is 21.9 Å². The zero-order valence-corrected chi connectivity index (χ0v) is 12.5. The van der Waals surface area contributed by atoms with Crippen molar-refractivity contribution in [1.82, 2.24) is 19.7 Å². The minimum Gasteiger partial charge on any atom is -0.481 e. The number of aromatic nitrogens is 3. The number of likely N-dealkylation sites (tertiary alicyclic amines) is 1. The molecule has 1 aromatic heterocycles. The average molecular weight is 280 g/mol. The van der Waals surface area contributed by atoms with Gasteiger partial charge in [-0.2, -0.15) is 5.10 Å². The molecular weight excluding hydrogens is 256 g/mol. The van der Waals surface area contributed by atoms with Gasteiger partial charge in [-0.05, 0) is 25.3 Å². The fourth-order valence-corrected chi connectivity index (χ4v) is 2.95. The number of carbonyl (C=O) groups is 1. The normalized spacial score (nSPS) is 23.6. The Kier molecular flexibility index (Phi) is 4.42. The van der Waals surface area contributed by atoms with Crippen molar-refractivity contribution in [2.45, 2.75) is 46.7 Å². The molecule has 112 valence electrons. The molecule has 0 saturated carbocycles. The van der Waals surface area contributed by atoms with Crippen LogP contribution in [0, 0.1) is 11.3 Å². The number of aryl methyl sites for hydroxylation is 1. The van der Waals surface area contributed by atoms with Crippen LogP contribution in [0.1, 0.15) is 39.4 Å². The minimum absolute atomic E-state index is 0.138. The minimum atomic E-state index is -0.676. The van der Waals surface area contributed by atoms with Crippen molar-refractivity contribution in [2.24, 2.45) is 11.3 Å². The molecule has 0 aliphatic carbocycles. The third-order valence-electron chi connectivity index (χ3n) is 4.41. The molecule has 1 unspecified atom stereocenters. The average Bonchev–Trinajstić information content (AvgIpc) is 2.99. The molecule has 6 heteroatoms. The summed E-state index contributed by atoms with van der Waals surface area (Å²) in [7, 11) is 0. The molecule has 1 aliphatic rings.